The minimum atomic E-state index is -0.485. The number of hydrogen-bond acceptors (Lipinski definition) is 5. The Labute approximate surface area is 128 Å². The smallest absolute Gasteiger partial charge is 0.278 e. The van der Waals surface area contributed by atoms with Crippen LogP contribution in [0.4, 0.5) is 5.69 Å². The molecule has 0 unspecified atom stereocenters. The maximum Gasteiger partial charge on any atom is 0.278 e. The number of non-ortho nitro benzene ring substituents is 1. The van der Waals surface area contributed by atoms with Gasteiger partial charge in [0.15, 0.2) is 11.5 Å². The van der Waals surface area contributed by atoms with E-state index in [1.807, 2.05) is 6.07 Å². The largest absolute Gasteiger partial charge is 0.336 e. The van der Waals surface area contributed by atoms with Crippen LogP contribution in [0.3, 0.4) is 0 Å². The molecular weight excluding hydrogens is 298 g/mol. The van der Waals surface area contributed by atoms with Gasteiger partial charge in [-0.25, -0.2) is 9.97 Å². The van der Waals surface area contributed by atoms with Crippen LogP contribution < -0.4 is 5.56 Å². The Hall–Kier alpha value is -3.55. The number of nitro groups is 1. The van der Waals surface area contributed by atoms with Gasteiger partial charge in [0.05, 0.1) is 27.0 Å². The fourth-order valence-electron chi connectivity index (χ4n) is 2.41. The minimum absolute atomic E-state index is 0.0481. The van der Waals surface area contributed by atoms with Gasteiger partial charge in [0, 0.05) is 12.1 Å². The Morgan fingerprint density at radius 2 is 1.74 bits per heavy atom. The SMILES string of the molecule is O=c1[nH]c2ccccc2nc1-c1nc2ccc([N+](=O)[O-])cc2[nH]1. The molecule has 0 radical (unpaired) electrons. The van der Waals surface area contributed by atoms with Gasteiger partial charge >= 0.3 is 0 Å². The lowest BCUT2D eigenvalue weighted by Crippen LogP contribution is -2.12. The van der Waals surface area contributed by atoms with E-state index in [9.17, 15) is 14.9 Å². The number of H-pyrrole nitrogens is 2. The number of fused-ring (bicyclic) bond motifs is 2. The summed E-state index contributed by atoms with van der Waals surface area (Å²) < 4.78 is 0. The van der Waals surface area contributed by atoms with Crippen LogP contribution in [0, 0.1) is 10.1 Å². The topological polar surface area (TPSA) is 118 Å². The molecule has 0 aliphatic rings. The van der Waals surface area contributed by atoms with Crippen LogP contribution in [-0.2, 0) is 0 Å². The molecule has 0 saturated carbocycles. The number of hydrogen-bond donors (Lipinski definition) is 2. The van der Waals surface area contributed by atoms with Crippen molar-refractivity contribution in [2.24, 2.45) is 0 Å². The quantitative estimate of drug-likeness (QED) is 0.435. The molecule has 0 fully saturated rings. The van der Waals surface area contributed by atoms with E-state index in [4.69, 9.17) is 0 Å². The summed E-state index contributed by atoms with van der Waals surface area (Å²) in [5.41, 5.74) is 1.98. The molecular formula is C15H9N5O3. The highest BCUT2D eigenvalue weighted by molar-refractivity contribution is 5.82. The van der Waals surface area contributed by atoms with Crippen molar-refractivity contribution in [3.05, 3.63) is 62.9 Å². The normalized spacial score (nSPS) is 11.1. The van der Waals surface area contributed by atoms with Crippen molar-refractivity contribution in [1.82, 2.24) is 19.9 Å². The van der Waals surface area contributed by atoms with Crippen LogP contribution in [0.15, 0.2) is 47.3 Å². The van der Waals surface area contributed by atoms with E-state index in [0.717, 1.165) is 0 Å². The first-order valence-corrected chi connectivity index (χ1v) is 6.75. The zero-order chi connectivity index (χ0) is 16.0. The number of imidazole rings is 1. The van der Waals surface area contributed by atoms with Crippen molar-refractivity contribution in [2.45, 2.75) is 0 Å². The summed E-state index contributed by atoms with van der Waals surface area (Å²) in [6.45, 7) is 0. The summed E-state index contributed by atoms with van der Waals surface area (Å²) in [6, 6.07) is 11.4. The lowest BCUT2D eigenvalue weighted by atomic mass is 10.3. The number of nitrogens with one attached hydrogen (secondary N) is 2. The average molecular weight is 307 g/mol. The van der Waals surface area contributed by atoms with Gasteiger partial charge in [-0.05, 0) is 18.2 Å². The zero-order valence-corrected chi connectivity index (χ0v) is 11.6. The fourth-order valence-corrected chi connectivity index (χ4v) is 2.41. The van der Waals surface area contributed by atoms with Crippen molar-refractivity contribution >= 4 is 27.8 Å². The lowest BCUT2D eigenvalue weighted by Gasteiger charge is -1.99. The predicted octanol–water partition coefficient (Wildman–Crippen LogP) is 2.37. The molecule has 2 aromatic carbocycles. The molecule has 0 aliphatic carbocycles. The Balaban J connectivity index is 1.93. The molecule has 2 aromatic heterocycles. The standard InChI is InChI=1S/C15H9N5O3/c21-15-13(16-9-3-1-2-4-10(9)19-15)14-17-11-6-5-8(20(22)23)7-12(11)18-14/h1-7H,(H,17,18)(H,19,21). The van der Waals surface area contributed by atoms with Gasteiger partial charge in [0.1, 0.15) is 0 Å². The van der Waals surface area contributed by atoms with Crippen molar-refractivity contribution < 1.29 is 4.92 Å². The van der Waals surface area contributed by atoms with Gasteiger partial charge in [-0.1, -0.05) is 12.1 Å². The number of rotatable bonds is 2. The summed E-state index contributed by atoms with van der Waals surface area (Å²) in [7, 11) is 0. The Kier molecular flexibility index (Phi) is 2.70. The molecule has 0 atom stereocenters. The number of aromatic amines is 2. The van der Waals surface area contributed by atoms with E-state index in [-0.39, 0.29) is 22.8 Å². The van der Waals surface area contributed by atoms with Crippen LogP contribution in [0.25, 0.3) is 33.6 Å². The summed E-state index contributed by atoms with van der Waals surface area (Å²) >= 11 is 0. The zero-order valence-electron chi connectivity index (χ0n) is 11.6. The summed E-state index contributed by atoms with van der Waals surface area (Å²) in [5, 5.41) is 10.8. The first-order chi connectivity index (χ1) is 11.1. The fraction of sp³-hybridized carbons (Fsp3) is 0. The number of para-hydroxylation sites is 2. The number of nitrogens with zero attached hydrogens (tertiary/aromatic N) is 3. The van der Waals surface area contributed by atoms with Gasteiger partial charge in [-0.3, -0.25) is 14.9 Å². The highest BCUT2D eigenvalue weighted by atomic mass is 16.6. The second kappa shape index (κ2) is 4.73. The first kappa shape index (κ1) is 13.1. The van der Waals surface area contributed by atoms with Crippen LogP contribution in [0.2, 0.25) is 0 Å². The molecule has 8 heteroatoms. The molecule has 0 saturated heterocycles. The number of benzene rings is 2. The summed E-state index contributed by atoms with van der Waals surface area (Å²) in [5.74, 6) is 0.271. The Morgan fingerprint density at radius 3 is 2.57 bits per heavy atom. The van der Waals surface area contributed by atoms with E-state index >= 15 is 0 Å². The molecule has 0 aliphatic heterocycles. The second-order valence-electron chi connectivity index (χ2n) is 4.98. The van der Waals surface area contributed by atoms with Crippen molar-refractivity contribution in [3.63, 3.8) is 0 Å². The molecule has 4 rings (SSSR count). The first-order valence-electron chi connectivity index (χ1n) is 6.75. The van der Waals surface area contributed by atoms with Gasteiger partial charge < -0.3 is 9.97 Å². The third-order valence-corrected chi connectivity index (χ3v) is 3.50. The molecule has 0 amide bonds. The monoisotopic (exact) mass is 307 g/mol. The van der Waals surface area contributed by atoms with Gasteiger partial charge in [0.25, 0.3) is 11.2 Å². The highest BCUT2D eigenvalue weighted by Gasteiger charge is 2.14. The molecule has 2 heterocycles. The Morgan fingerprint density at radius 1 is 0.957 bits per heavy atom. The van der Waals surface area contributed by atoms with Crippen molar-refractivity contribution in [2.75, 3.05) is 0 Å². The molecule has 8 nitrogen and oxygen atoms in total. The second-order valence-corrected chi connectivity index (χ2v) is 4.98. The van der Waals surface area contributed by atoms with E-state index in [2.05, 4.69) is 19.9 Å². The molecule has 4 aromatic rings. The van der Waals surface area contributed by atoms with Gasteiger partial charge in [0.2, 0.25) is 0 Å². The van der Waals surface area contributed by atoms with E-state index < -0.39 is 4.92 Å². The predicted molar refractivity (Wildman–Crippen MR) is 84.1 cm³/mol. The van der Waals surface area contributed by atoms with E-state index in [1.54, 1.807) is 18.2 Å². The lowest BCUT2D eigenvalue weighted by molar-refractivity contribution is -0.384. The van der Waals surface area contributed by atoms with Crippen LogP contribution in [0.5, 0.6) is 0 Å². The average Bonchev–Trinajstić information content (AvgIpc) is 2.96. The minimum Gasteiger partial charge on any atom is -0.336 e. The highest BCUT2D eigenvalue weighted by Crippen LogP contribution is 2.22. The third-order valence-electron chi connectivity index (χ3n) is 3.50. The third kappa shape index (κ3) is 2.13. The number of aromatic nitrogens is 4. The Bertz CT molecular complexity index is 1130. The van der Waals surface area contributed by atoms with E-state index in [1.165, 1.54) is 18.2 Å². The number of nitro benzene ring substituents is 1. The van der Waals surface area contributed by atoms with Crippen LogP contribution in [-0.4, -0.2) is 24.9 Å². The summed E-state index contributed by atoms with van der Waals surface area (Å²) in [6.07, 6.45) is 0. The summed E-state index contributed by atoms with van der Waals surface area (Å²) in [4.78, 5) is 36.8. The maximum absolute atomic E-state index is 12.2. The molecule has 0 spiro atoms. The molecule has 0 bridgehead atoms. The molecule has 2 N–H and O–H groups in total. The molecule has 23 heavy (non-hydrogen) atoms. The maximum atomic E-state index is 12.2. The van der Waals surface area contributed by atoms with E-state index in [0.29, 0.717) is 22.1 Å². The van der Waals surface area contributed by atoms with Crippen LogP contribution >= 0.6 is 0 Å². The van der Waals surface area contributed by atoms with Gasteiger partial charge in [-0.2, -0.15) is 0 Å². The van der Waals surface area contributed by atoms with Gasteiger partial charge in [-0.15, -0.1) is 0 Å². The van der Waals surface area contributed by atoms with Crippen LogP contribution in [0.1, 0.15) is 0 Å². The molecule has 112 valence electrons. The van der Waals surface area contributed by atoms with Crippen molar-refractivity contribution in [1.29, 1.82) is 0 Å². The van der Waals surface area contributed by atoms with Crippen molar-refractivity contribution in [3.8, 4) is 11.5 Å².